The minimum Gasteiger partial charge on any atom is -0.338 e. The summed E-state index contributed by atoms with van der Waals surface area (Å²) in [5, 5.41) is 2.60. The van der Waals surface area contributed by atoms with Crippen molar-refractivity contribution < 1.29 is 0 Å². The first-order valence-electron chi connectivity index (χ1n) is 32.2. The van der Waals surface area contributed by atoms with Gasteiger partial charge >= 0.3 is 0 Å². The van der Waals surface area contributed by atoms with Crippen LogP contribution >= 0.6 is 0 Å². The summed E-state index contributed by atoms with van der Waals surface area (Å²) in [4.78, 5) is 5.60. The minimum absolute atomic E-state index is 0.117. The highest BCUT2D eigenvalue weighted by atomic mass is 15.2. The lowest BCUT2D eigenvalue weighted by Crippen LogP contribution is -2.40. The molecule has 86 heavy (non-hydrogen) atoms. The molecule has 1 aromatic heterocycles. The average Bonchev–Trinajstić information content (AvgIpc) is 1.77. The second-order valence-electron chi connectivity index (χ2n) is 26.9. The lowest BCUT2D eigenvalue weighted by molar-refractivity contribution is 0.276. The van der Waals surface area contributed by atoms with Crippen LogP contribution in [-0.4, -0.2) is 26.5 Å². The van der Waals surface area contributed by atoms with Gasteiger partial charge in [0.2, 0.25) is 0 Å². The maximum atomic E-state index is 2.82. The van der Waals surface area contributed by atoms with Crippen molar-refractivity contribution in [3.63, 3.8) is 0 Å². The van der Waals surface area contributed by atoms with E-state index in [1.807, 2.05) is 0 Å². The molecule has 0 aliphatic heterocycles. The number of aromatic nitrogens is 1. The molecule has 9 atom stereocenters. The number of hydrogen-bond acceptors (Lipinski definition) is 2. The maximum Gasteiger partial charge on any atom is 0.0583 e. The van der Waals surface area contributed by atoms with E-state index in [2.05, 4.69) is 299 Å². The van der Waals surface area contributed by atoms with E-state index in [4.69, 9.17) is 0 Å². The SMILES string of the molecule is CC1=CCC(N(C2=CC(n3c4ccc(-c5ccccc5)cc4c4cc(-c5ccccc5)ccc43)CC=C2)C2=CC=C3C4=C(C=C(N(C5=C(C)CC(C)C=C5)C5C=CC=C(C6=CC=CC(C7C=CC=CC7)C6)C5)C5C=CC=CC45)C(C)(C)C3C2)C(C)=C1. The van der Waals surface area contributed by atoms with Crippen molar-refractivity contribution in [1.29, 1.82) is 0 Å². The predicted molar refractivity (Wildman–Crippen MR) is 362 cm³/mol. The summed E-state index contributed by atoms with van der Waals surface area (Å²) in [6.07, 6.45) is 65.9. The number of nitrogens with zero attached hydrogens (tertiary/aromatic N) is 3. The Kier molecular flexibility index (Phi) is 14.0. The van der Waals surface area contributed by atoms with E-state index in [1.54, 1.807) is 5.57 Å². The van der Waals surface area contributed by atoms with E-state index in [1.165, 1.54) is 106 Å². The molecule has 0 saturated heterocycles. The zero-order valence-electron chi connectivity index (χ0n) is 51.1. The molecule has 0 radical (unpaired) electrons. The summed E-state index contributed by atoms with van der Waals surface area (Å²) in [6.45, 7) is 14.6. The number of rotatable bonds is 11. The topological polar surface area (TPSA) is 11.4 Å². The third-order valence-electron chi connectivity index (χ3n) is 21.1. The van der Waals surface area contributed by atoms with E-state index >= 15 is 0 Å². The lowest BCUT2D eigenvalue weighted by Gasteiger charge is -2.45. The first kappa shape index (κ1) is 54.3. The van der Waals surface area contributed by atoms with E-state index in [-0.39, 0.29) is 35.4 Å². The molecule has 10 aliphatic carbocycles. The van der Waals surface area contributed by atoms with Gasteiger partial charge < -0.3 is 14.4 Å². The fourth-order valence-corrected chi connectivity index (χ4v) is 16.7. The zero-order chi connectivity index (χ0) is 58.2. The van der Waals surface area contributed by atoms with Crippen molar-refractivity contribution in [3.8, 4) is 22.3 Å². The molecule has 0 N–H and O–H groups in total. The number of hydrogen-bond donors (Lipinski definition) is 0. The highest BCUT2D eigenvalue weighted by Gasteiger charge is 2.51. The quantitative estimate of drug-likeness (QED) is 0.131. The van der Waals surface area contributed by atoms with E-state index in [9.17, 15) is 0 Å². The minimum atomic E-state index is -0.124. The Hall–Kier alpha value is -8.40. The standard InChI is InChI=1S/C83H81N3/c1-54-35-41-77(56(3)45-54)84(67-31-20-32-68(51-67)86-79-43-37-64(59-23-12-8-13-24-59)49-73(79)74-50-65(38-44-80(74)86)60-25-14-9-15-26-60)69-39-40-72-75(52-69)83(5,6)76-53-81(70-33-16-17-34-71(70)82(72)76)85(78-42-36-55(2)46-57(78)4)66-30-19-29-63(48-66)62-28-18-27-61(47-62)58-21-10-7-11-22-58/h7-21,23-31,33-40,42-45,49-51,53,55,58,61,66,68,70-71,75,77H,22,32,41,46-48,52H2,1-6H3. The van der Waals surface area contributed by atoms with E-state index < -0.39 is 0 Å². The molecule has 0 spiro atoms. The van der Waals surface area contributed by atoms with Gasteiger partial charge in [0.05, 0.1) is 18.1 Å². The second-order valence-corrected chi connectivity index (χ2v) is 26.9. The van der Waals surface area contributed by atoms with Crippen LogP contribution in [0.25, 0.3) is 44.1 Å². The first-order chi connectivity index (χ1) is 42.0. The van der Waals surface area contributed by atoms with Gasteiger partial charge in [0, 0.05) is 56.4 Å². The van der Waals surface area contributed by atoms with Gasteiger partial charge in [-0.3, -0.25) is 0 Å². The molecule has 0 bridgehead atoms. The van der Waals surface area contributed by atoms with E-state index in [0.717, 1.165) is 44.9 Å². The average molecular weight is 1120 g/mol. The van der Waals surface area contributed by atoms with Crippen LogP contribution in [0.4, 0.5) is 0 Å². The van der Waals surface area contributed by atoms with Crippen molar-refractivity contribution in [2.75, 3.05) is 0 Å². The van der Waals surface area contributed by atoms with Gasteiger partial charge in [0.1, 0.15) is 0 Å². The fraction of sp³-hybridized carbons (Fsp3) is 0.277. The Morgan fingerprint density at radius 2 is 1.24 bits per heavy atom. The molecule has 3 heteroatoms. The number of fused-ring (bicyclic) bond motifs is 7. The fourth-order valence-electron chi connectivity index (χ4n) is 16.7. The molecule has 5 aromatic rings. The van der Waals surface area contributed by atoms with Crippen molar-refractivity contribution in [2.24, 2.45) is 40.9 Å². The molecule has 4 aromatic carbocycles. The highest BCUT2D eigenvalue weighted by molar-refractivity contribution is 6.10. The summed E-state index contributed by atoms with van der Waals surface area (Å²) in [5.41, 5.74) is 24.8. The van der Waals surface area contributed by atoms with Crippen LogP contribution in [0, 0.1) is 40.9 Å². The molecule has 15 rings (SSSR count). The van der Waals surface area contributed by atoms with Crippen LogP contribution in [0.15, 0.2) is 310 Å². The Morgan fingerprint density at radius 1 is 0.558 bits per heavy atom. The molecule has 0 fully saturated rings. The Balaban J connectivity index is 0.807. The zero-order valence-corrected chi connectivity index (χ0v) is 51.1. The summed E-state index contributed by atoms with van der Waals surface area (Å²) >= 11 is 0. The van der Waals surface area contributed by atoms with Crippen LogP contribution in [0.1, 0.15) is 92.5 Å². The lowest BCUT2D eigenvalue weighted by atomic mass is 9.71. The first-order valence-corrected chi connectivity index (χ1v) is 32.2. The van der Waals surface area contributed by atoms with Crippen LogP contribution < -0.4 is 0 Å². The molecular formula is C83H81N3. The van der Waals surface area contributed by atoms with Crippen molar-refractivity contribution in [1.82, 2.24) is 14.4 Å². The van der Waals surface area contributed by atoms with Crippen molar-refractivity contribution in [3.05, 3.63) is 310 Å². The molecule has 10 aliphatic rings. The monoisotopic (exact) mass is 1120 g/mol. The Bertz CT molecular complexity index is 4100. The summed E-state index contributed by atoms with van der Waals surface area (Å²) < 4.78 is 2.65. The normalized spacial score (nSPS) is 27.9. The molecule has 1 heterocycles. The van der Waals surface area contributed by atoms with Crippen LogP contribution in [-0.2, 0) is 0 Å². The van der Waals surface area contributed by atoms with Gasteiger partial charge in [0.25, 0.3) is 0 Å². The van der Waals surface area contributed by atoms with Gasteiger partial charge in [-0.15, -0.1) is 0 Å². The summed E-state index contributed by atoms with van der Waals surface area (Å²) in [6, 6.07) is 36.6. The van der Waals surface area contributed by atoms with Gasteiger partial charge in [-0.25, -0.2) is 0 Å². The third kappa shape index (κ3) is 9.58. The Labute approximate surface area is 511 Å². The maximum absolute atomic E-state index is 2.82. The third-order valence-corrected chi connectivity index (χ3v) is 21.1. The molecule has 9 unspecified atom stereocenters. The Morgan fingerprint density at radius 3 is 1.94 bits per heavy atom. The molecule has 428 valence electrons. The smallest absolute Gasteiger partial charge is 0.0583 e. The van der Waals surface area contributed by atoms with Crippen molar-refractivity contribution in [2.45, 2.75) is 105 Å². The van der Waals surface area contributed by atoms with E-state index in [0.29, 0.717) is 23.7 Å². The van der Waals surface area contributed by atoms with Gasteiger partial charge in [-0.2, -0.15) is 0 Å². The highest BCUT2D eigenvalue weighted by Crippen LogP contribution is 2.62. The second kappa shape index (κ2) is 22.1. The van der Waals surface area contributed by atoms with Crippen LogP contribution in [0.5, 0.6) is 0 Å². The summed E-state index contributed by atoms with van der Waals surface area (Å²) in [7, 11) is 0. The van der Waals surface area contributed by atoms with Gasteiger partial charge in [-0.05, 0) is 205 Å². The van der Waals surface area contributed by atoms with Gasteiger partial charge in [-0.1, -0.05) is 220 Å². The molecule has 0 amide bonds. The van der Waals surface area contributed by atoms with Gasteiger partial charge in [0.15, 0.2) is 0 Å². The molecular weight excluding hydrogens is 1040 g/mol. The van der Waals surface area contributed by atoms with Crippen LogP contribution in [0.2, 0.25) is 0 Å². The molecule has 3 nitrogen and oxygen atoms in total. The number of benzene rings is 4. The summed E-state index contributed by atoms with van der Waals surface area (Å²) in [5.74, 6) is 2.39. The predicted octanol–water partition coefficient (Wildman–Crippen LogP) is 21.0. The van der Waals surface area contributed by atoms with Crippen molar-refractivity contribution >= 4 is 21.8 Å². The molecule has 0 saturated carbocycles. The largest absolute Gasteiger partial charge is 0.338 e. The number of allylic oxidation sites excluding steroid dienone is 29. The van der Waals surface area contributed by atoms with Crippen LogP contribution in [0.3, 0.4) is 0 Å².